The van der Waals surface area contributed by atoms with Crippen LogP contribution in [-0.4, -0.2) is 151 Å². The average molecular weight is 1420 g/mol. The first kappa shape index (κ1) is 69.9. The van der Waals surface area contributed by atoms with Crippen molar-refractivity contribution in [2.45, 2.75) is 235 Å². The standard InChI is InChI=1S/C27H33F2NO4.2C27H34FNO5/c1-14-22(29)12-30(24(14)26(32)33)25(31)20-7-19(18-2-3-18)23(8-21(20)28)34-13-27-9-15-4-16(10-27)6-17(5-15)11-27;1-26(33)12-22(25(31)32)29(13-26)24(30)20-7-19(18-2-3-18)23(8-21(20)28)34-14-27-9-15-4-16(10-27)6-17(5-15)11-27;1-14-22(30)12-29(24(14)26(32)33)25(31)20-7-19(18-2-3-18)23(8-21(20)28)34-13-27-9-15-4-16(10-27)6-17(5-15)11-27/h7-8,14-18,22,24H,2-6,9-13H2,1H3,(H,32,33);7-8,15-18,22,33H,2-6,9-14H2,1H3,(H,31,32);7-8,14-18,22,24,30H,2-6,9-13H2,1H3,(H,32,33)/t14-,15?,16?,17?,22-,24-,27?;15?,16?,17?,22-,26?,27?;14-,15?,16?,17?,22-,24+,27?/m001/s1. The molecule has 3 aromatic rings. The predicted molar refractivity (Wildman–Crippen MR) is 365 cm³/mol. The Labute approximate surface area is 594 Å². The summed E-state index contributed by atoms with van der Waals surface area (Å²) in [5.74, 6) is 0.290. The molecule has 3 heterocycles. The van der Waals surface area contributed by atoms with Crippen LogP contribution in [0.3, 0.4) is 0 Å². The first-order valence-electron chi connectivity index (χ1n) is 38.6. The zero-order valence-electron chi connectivity index (χ0n) is 59.1. The lowest BCUT2D eigenvalue weighted by Crippen LogP contribution is -2.48. The van der Waals surface area contributed by atoms with Crippen molar-refractivity contribution in [2.75, 3.05) is 39.5 Å². The molecule has 0 radical (unpaired) electrons. The van der Waals surface area contributed by atoms with Crippen molar-refractivity contribution in [3.8, 4) is 17.2 Å². The molecule has 17 nitrogen and oxygen atoms in total. The molecule has 3 amide bonds. The first-order valence-corrected chi connectivity index (χ1v) is 38.6. The number of amides is 3. The molecule has 1 unspecified atom stereocenters. The Morgan fingerprint density at radius 2 is 0.735 bits per heavy atom. The van der Waals surface area contributed by atoms with Gasteiger partial charge in [0.05, 0.1) is 61.3 Å². The molecule has 102 heavy (non-hydrogen) atoms. The Bertz CT molecular complexity index is 3410. The van der Waals surface area contributed by atoms with E-state index in [0.29, 0.717) is 37.1 Å². The molecule has 8 atom stereocenters. The number of benzene rings is 3. The van der Waals surface area contributed by atoms with Gasteiger partial charge in [-0.1, -0.05) is 13.8 Å². The van der Waals surface area contributed by atoms with E-state index in [1.165, 1.54) is 148 Å². The van der Waals surface area contributed by atoms with Crippen LogP contribution in [0, 0.1) is 98.8 Å². The van der Waals surface area contributed by atoms with E-state index in [2.05, 4.69) is 0 Å². The van der Waals surface area contributed by atoms with Crippen LogP contribution in [0.5, 0.6) is 17.2 Å². The van der Waals surface area contributed by atoms with Crippen LogP contribution in [0.2, 0.25) is 0 Å². The highest BCUT2D eigenvalue weighted by atomic mass is 19.1. The van der Waals surface area contributed by atoms with Crippen LogP contribution < -0.4 is 14.2 Å². The van der Waals surface area contributed by atoms with Crippen LogP contribution in [0.15, 0.2) is 36.4 Å². The van der Waals surface area contributed by atoms with Crippen molar-refractivity contribution in [3.05, 3.63) is 87.2 Å². The van der Waals surface area contributed by atoms with Crippen LogP contribution in [-0.2, 0) is 14.4 Å². The number of hydrogen-bond acceptors (Lipinski definition) is 11. The maximum Gasteiger partial charge on any atom is 0.326 e. The number of nitrogens with zero attached hydrogens (tertiary/aromatic N) is 3. The fourth-order valence-corrected chi connectivity index (χ4v) is 23.8. The Morgan fingerprint density at radius 1 is 0.441 bits per heavy atom. The third-order valence-electron chi connectivity index (χ3n) is 27.8. The zero-order valence-corrected chi connectivity index (χ0v) is 59.1. The number of likely N-dealkylation sites (tertiary alicyclic amines) is 3. The van der Waals surface area contributed by atoms with Crippen LogP contribution >= 0.6 is 0 Å². The number of aliphatic hydroxyl groups is 2. The maximum atomic E-state index is 15.3. The molecule has 21 rings (SSSR count). The summed E-state index contributed by atoms with van der Waals surface area (Å²) in [6.45, 7) is 5.82. The van der Waals surface area contributed by atoms with Gasteiger partial charge in [-0.2, -0.15) is 0 Å². The minimum absolute atomic E-state index is 0.0720. The van der Waals surface area contributed by atoms with E-state index in [4.69, 9.17) is 14.2 Å². The molecule has 15 saturated carbocycles. The van der Waals surface area contributed by atoms with Crippen LogP contribution in [0.4, 0.5) is 17.6 Å². The molecule has 5 N–H and O–H groups in total. The molecular weight excluding hydrogens is 1310 g/mol. The molecule has 0 spiro atoms. The third-order valence-corrected chi connectivity index (χ3v) is 27.8. The summed E-state index contributed by atoms with van der Waals surface area (Å²) in [5, 5.41) is 49.2. The summed E-state index contributed by atoms with van der Waals surface area (Å²) >= 11 is 0. The van der Waals surface area contributed by atoms with Crippen molar-refractivity contribution in [3.63, 3.8) is 0 Å². The van der Waals surface area contributed by atoms with E-state index in [9.17, 15) is 58.7 Å². The molecule has 12 bridgehead atoms. The molecule has 3 aromatic carbocycles. The number of halogens is 4. The van der Waals surface area contributed by atoms with Gasteiger partial charge in [-0.25, -0.2) is 31.9 Å². The zero-order chi connectivity index (χ0) is 71.4. The van der Waals surface area contributed by atoms with Crippen molar-refractivity contribution in [1.82, 2.24) is 14.7 Å². The monoisotopic (exact) mass is 1420 g/mol. The van der Waals surface area contributed by atoms with Crippen LogP contribution in [0.25, 0.3) is 0 Å². The van der Waals surface area contributed by atoms with Gasteiger partial charge in [-0.15, -0.1) is 0 Å². The summed E-state index contributed by atoms with van der Waals surface area (Å²) in [6.07, 6.45) is 26.4. The highest BCUT2D eigenvalue weighted by Gasteiger charge is 2.56. The topological polar surface area (TPSA) is 241 Å². The Kier molecular flexibility index (Phi) is 18.0. The summed E-state index contributed by atoms with van der Waals surface area (Å²) in [7, 11) is 0. The van der Waals surface area contributed by atoms with Gasteiger partial charge in [0, 0.05) is 59.2 Å². The van der Waals surface area contributed by atoms with E-state index in [-0.39, 0.29) is 76.7 Å². The summed E-state index contributed by atoms with van der Waals surface area (Å²) in [6, 6.07) is 5.06. The highest BCUT2D eigenvalue weighted by Crippen LogP contribution is 2.63. The Hall–Kier alpha value is -6.48. The predicted octanol–water partition coefficient (Wildman–Crippen LogP) is 13.7. The SMILES string of the molecule is CC1(O)C[C@@H](C(=O)O)N(C(=O)c2cc(C3CC3)c(OCC34CC5CC(CC(C5)C3)C4)cc2F)C1.C[C@@H]1[C@@H](C(=O)O)N(C(=O)c2cc(C3CC3)c(OCC34CC5CC(CC(C5)C3)C4)cc2F)C[C@@H]1F.C[C@@H]1[C@H](O)CN(C(=O)c2cc(C3CC3)c(OCC34CC5CC(CC(C5)C3)C4)cc2F)[C@@H]1C(=O)O. The number of hydrogen-bond donors (Lipinski definition) is 5. The fraction of sp³-hybridized carbons (Fsp3) is 0.704. The van der Waals surface area contributed by atoms with Crippen molar-refractivity contribution >= 4 is 35.6 Å². The fourth-order valence-electron chi connectivity index (χ4n) is 23.8. The second-order valence-corrected chi connectivity index (χ2v) is 36.3. The largest absolute Gasteiger partial charge is 0.493 e. The molecule has 3 saturated heterocycles. The highest BCUT2D eigenvalue weighted by molar-refractivity contribution is 5.99. The number of aliphatic hydroxyl groups excluding tert-OH is 1. The number of carboxylic acid groups (broad SMARTS) is 3. The number of rotatable bonds is 18. The molecule has 21 heteroatoms. The van der Waals surface area contributed by atoms with E-state index in [0.717, 1.165) is 123 Å². The van der Waals surface area contributed by atoms with E-state index >= 15 is 13.2 Å². The van der Waals surface area contributed by atoms with E-state index in [1.807, 2.05) is 0 Å². The summed E-state index contributed by atoms with van der Waals surface area (Å²) in [4.78, 5) is 78.0. The maximum absolute atomic E-state index is 15.3. The summed E-state index contributed by atoms with van der Waals surface area (Å²) in [5.41, 5.74) is 1.38. The lowest BCUT2D eigenvalue weighted by molar-refractivity contribution is -0.143. The van der Waals surface area contributed by atoms with Gasteiger partial charge in [-0.3, -0.25) is 14.4 Å². The number of aliphatic carboxylic acids is 3. The molecule has 3 aliphatic heterocycles. The van der Waals surface area contributed by atoms with Gasteiger partial charge in [0.1, 0.15) is 59.0 Å². The molecule has 552 valence electrons. The molecule has 0 aromatic heterocycles. The molecule has 18 fully saturated rings. The second-order valence-electron chi connectivity index (χ2n) is 36.3. The van der Waals surface area contributed by atoms with Crippen molar-refractivity contribution in [2.24, 2.45) is 81.3 Å². The number of carbonyl (C=O) groups excluding carboxylic acids is 3. The minimum atomic E-state index is -1.45. The number of carbonyl (C=O) groups is 6. The van der Waals surface area contributed by atoms with Crippen LogP contribution in [0.1, 0.15) is 247 Å². The van der Waals surface area contributed by atoms with Crippen molar-refractivity contribution in [1.29, 1.82) is 0 Å². The van der Waals surface area contributed by atoms with Gasteiger partial charge in [-0.05, 0) is 267 Å². The Morgan fingerprint density at radius 3 is 1.03 bits per heavy atom. The second kappa shape index (κ2) is 26.2. The van der Waals surface area contributed by atoms with Gasteiger partial charge < -0.3 is 54.4 Å². The minimum Gasteiger partial charge on any atom is -0.493 e. The van der Waals surface area contributed by atoms with E-state index < -0.39 is 101 Å². The molecule has 18 aliphatic rings. The number of β-amino-alcohol motifs (C(OH)–C–C–N with tert-alkyl or cyclic N) is 2. The van der Waals surface area contributed by atoms with Gasteiger partial charge in [0.15, 0.2) is 0 Å². The third kappa shape index (κ3) is 13.5. The van der Waals surface area contributed by atoms with Gasteiger partial charge >= 0.3 is 17.9 Å². The molecular formula is C81H101F4N3O14. The smallest absolute Gasteiger partial charge is 0.326 e. The Balaban J connectivity index is 0.000000118. The van der Waals surface area contributed by atoms with Gasteiger partial charge in [0.25, 0.3) is 17.7 Å². The number of carboxylic acids is 3. The quantitative estimate of drug-likeness (QED) is 0.0745. The lowest BCUT2D eigenvalue weighted by Gasteiger charge is -2.56. The summed E-state index contributed by atoms with van der Waals surface area (Å²) < 4.78 is 79.2. The van der Waals surface area contributed by atoms with Gasteiger partial charge in [0.2, 0.25) is 0 Å². The molecule has 15 aliphatic carbocycles. The number of ether oxygens (including phenoxy) is 3. The first-order chi connectivity index (χ1) is 48.6. The average Bonchev–Trinajstić information content (AvgIpc) is 1.44. The van der Waals surface area contributed by atoms with E-state index in [1.54, 1.807) is 25.1 Å². The number of alkyl halides is 1. The normalized spacial score (nSPS) is 38.4. The lowest BCUT2D eigenvalue weighted by atomic mass is 9.50. The van der Waals surface area contributed by atoms with Crippen molar-refractivity contribution < 1.29 is 86.1 Å².